The number of H-pyrrole nitrogens is 2. The highest BCUT2D eigenvalue weighted by Crippen LogP contribution is 2.38. The first-order valence-electron chi connectivity index (χ1n) is 11.3. The average molecular weight is 436 g/mol. The van der Waals surface area contributed by atoms with Crippen molar-refractivity contribution in [2.75, 3.05) is 0 Å². The standard InChI is InChI=1S/C27H25N5O/c1-14(2)26-28-11-22(31-26)16-5-7-18-19-8-6-17(23-12-29-27(32-23)15(3)4)10-21(19)25-24(20(18)9-16)30-13-33-25/h5-15H,1-4H3,(H,28,31)(H,29,32). The van der Waals surface area contributed by atoms with Gasteiger partial charge in [-0.15, -0.1) is 0 Å². The molecule has 0 atom stereocenters. The maximum Gasteiger partial charge on any atom is 0.182 e. The molecule has 6 aromatic rings. The Hall–Kier alpha value is -3.93. The predicted octanol–water partition coefficient (Wildman–Crippen LogP) is 7.16. The highest BCUT2D eigenvalue weighted by atomic mass is 16.3. The van der Waals surface area contributed by atoms with Crippen molar-refractivity contribution in [1.29, 1.82) is 0 Å². The number of hydrogen-bond donors (Lipinski definition) is 2. The van der Waals surface area contributed by atoms with E-state index in [0.717, 1.165) is 66.8 Å². The second-order valence-corrected chi connectivity index (χ2v) is 9.22. The molecule has 3 aromatic heterocycles. The van der Waals surface area contributed by atoms with Crippen LogP contribution in [0.1, 0.15) is 51.2 Å². The van der Waals surface area contributed by atoms with Crippen molar-refractivity contribution < 1.29 is 4.42 Å². The van der Waals surface area contributed by atoms with Crippen LogP contribution in [0, 0.1) is 0 Å². The van der Waals surface area contributed by atoms with E-state index < -0.39 is 0 Å². The van der Waals surface area contributed by atoms with E-state index in [0.29, 0.717) is 11.8 Å². The molecule has 0 unspecified atom stereocenters. The number of benzene rings is 3. The van der Waals surface area contributed by atoms with Gasteiger partial charge in [0.2, 0.25) is 0 Å². The molecule has 6 nitrogen and oxygen atoms in total. The minimum Gasteiger partial charge on any atom is -0.443 e. The summed E-state index contributed by atoms with van der Waals surface area (Å²) in [5, 5.41) is 4.41. The Kier molecular flexibility index (Phi) is 4.37. The quantitative estimate of drug-likeness (QED) is 0.288. The molecule has 0 aliphatic rings. The van der Waals surface area contributed by atoms with Gasteiger partial charge in [-0.25, -0.2) is 15.0 Å². The maximum atomic E-state index is 5.90. The number of nitrogens with zero attached hydrogens (tertiary/aromatic N) is 3. The second kappa shape index (κ2) is 7.30. The highest BCUT2D eigenvalue weighted by Gasteiger charge is 2.16. The van der Waals surface area contributed by atoms with Crippen LogP contribution in [0.2, 0.25) is 0 Å². The topological polar surface area (TPSA) is 83.4 Å². The van der Waals surface area contributed by atoms with Crippen LogP contribution in [0.15, 0.2) is 59.6 Å². The molecule has 3 heterocycles. The van der Waals surface area contributed by atoms with Gasteiger partial charge in [-0.05, 0) is 22.9 Å². The lowest BCUT2D eigenvalue weighted by Gasteiger charge is -2.09. The zero-order valence-electron chi connectivity index (χ0n) is 19.1. The molecular formula is C27H25N5O. The fourth-order valence-corrected chi connectivity index (χ4v) is 4.46. The summed E-state index contributed by atoms with van der Waals surface area (Å²) in [5.41, 5.74) is 5.84. The van der Waals surface area contributed by atoms with Crippen molar-refractivity contribution in [1.82, 2.24) is 24.9 Å². The van der Waals surface area contributed by atoms with Crippen LogP contribution in [0.3, 0.4) is 0 Å². The van der Waals surface area contributed by atoms with Gasteiger partial charge in [-0.3, -0.25) is 0 Å². The lowest BCUT2D eigenvalue weighted by molar-refractivity contribution is 0.605. The first kappa shape index (κ1) is 19.7. The lowest BCUT2D eigenvalue weighted by atomic mass is 9.96. The molecule has 0 saturated carbocycles. The van der Waals surface area contributed by atoms with Gasteiger partial charge in [0, 0.05) is 33.7 Å². The van der Waals surface area contributed by atoms with E-state index in [9.17, 15) is 0 Å². The summed E-state index contributed by atoms with van der Waals surface area (Å²) < 4.78 is 5.90. The van der Waals surface area contributed by atoms with E-state index in [1.807, 2.05) is 12.4 Å². The fraction of sp³-hybridized carbons (Fsp3) is 0.222. The van der Waals surface area contributed by atoms with Gasteiger partial charge in [0.15, 0.2) is 12.0 Å². The largest absolute Gasteiger partial charge is 0.443 e. The third-order valence-corrected chi connectivity index (χ3v) is 6.30. The smallest absolute Gasteiger partial charge is 0.182 e. The van der Waals surface area contributed by atoms with Crippen molar-refractivity contribution in [2.45, 2.75) is 39.5 Å². The van der Waals surface area contributed by atoms with Crippen LogP contribution in [0.4, 0.5) is 0 Å². The van der Waals surface area contributed by atoms with Crippen LogP contribution in [-0.2, 0) is 0 Å². The first-order valence-corrected chi connectivity index (χ1v) is 11.3. The molecule has 0 aliphatic heterocycles. The molecule has 0 fully saturated rings. The number of imidazole rings is 2. The van der Waals surface area contributed by atoms with Gasteiger partial charge in [0.25, 0.3) is 0 Å². The molecular weight excluding hydrogens is 410 g/mol. The minimum atomic E-state index is 0.352. The molecule has 6 heteroatoms. The molecule has 0 radical (unpaired) electrons. The van der Waals surface area contributed by atoms with Crippen LogP contribution in [0.5, 0.6) is 0 Å². The van der Waals surface area contributed by atoms with E-state index in [2.05, 4.69) is 89.0 Å². The Morgan fingerprint density at radius 2 is 1.21 bits per heavy atom. The Bertz CT molecular complexity index is 1510. The number of fused-ring (bicyclic) bond motifs is 6. The first-order chi connectivity index (χ1) is 16.0. The monoisotopic (exact) mass is 435 g/mol. The average Bonchev–Trinajstić information content (AvgIpc) is 3.59. The summed E-state index contributed by atoms with van der Waals surface area (Å²) in [6, 6.07) is 13.0. The van der Waals surface area contributed by atoms with Gasteiger partial charge in [0.05, 0.1) is 23.8 Å². The van der Waals surface area contributed by atoms with Gasteiger partial charge < -0.3 is 14.4 Å². The number of aromatic amines is 2. The van der Waals surface area contributed by atoms with E-state index in [4.69, 9.17) is 4.42 Å². The number of oxazole rings is 1. The molecule has 0 aliphatic carbocycles. The molecule has 0 spiro atoms. The number of nitrogens with one attached hydrogen (secondary N) is 2. The summed E-state index contributed by atoms with van der Waals surface area (Å²) in [6.45, 7) is 8.53. The second-order valence-electron chi connectivity index (χ2n) is 9.22. The van der Waals surface area contributed by atoms with Crippen LogP contribution < -0.4 is 0 Å². The molecule has 33 heavy (non-hydrogen) atoms. The molecule has 0 amide bonds. The maximum absolute atomic E-state index is 5.90. The minimum absolute atomic E-state index is 0.352. The molecule has 2 N–H and O–H groups in total. The number of hydrogen-bond acceptors (Lipinski definition) is 4. The molecule has 0 saturated heterocycles. The van der Waals surface area contributed by atoms with Crippen molar-refractivity contribution in [3.8, 4) is 22.5 Å². The fourth-order valence-electron chi connectivity index (χ4n) is 4.46. The summed E-state index contributed by atoms with van der Waals surface area (Å²) in [4.78, 5) is 20.5. The Morgan fingerprint density at radius 3 is 1.76 bits per heavy atom. The molecule has 0 bridgehead atoms. The Balaban J connectivity index is 1.55. The predicted molar refractivity (Wildman–Crippen MR) is 132 cm³/mol. The van der Waals surface area contributed by atoms with Crippen molar-refractivity contribution in [2.24, 2.45) is 0 Å². The Labute approximate surface area is 191 Å². The van der Waals surface area contributed by atoms with Gasteiger partial charge >= 0.3 is 0 Å². The summed E-state index contributed by atoms with van der Waals surface area (Å²) in [7, 11) is 0. The SMILES string of the molecule is CC(C)c1ncc(-c2ccc3c4ccc(-c5cnc(C(C)C)[nH]5)cc4c4ocnc4c3c2)[nH]1. The lowest BCUT2D eigenvalue weighted by Crippen LogP contribution is -1.90. The van der Waals surface area contributed by atoms with Gasteiger partial charge in [0.1, 0.15) is 17.2 Å². The van der Waals surface area contributed by atoms with E-state index in [1.165, 1.54) is 6.39 Å². The normalized spacial score (nSPS) is 12.2. The number of rotatable bonds is 4. The molecule has 3 aromatic carbocycles. The van der Waals surface area contributed by atoms with Crippen LogP contribution in [0.25, 0.3) is 55.2 Å². The van der Waals surface area contributed by atoms with Crippen LogP contribution in [-0.4, -0.2) is 24.9 Å². The summed E-state index contributed by atoms with van der Waals surface area (Å²) >= 11 is 0. The van der Waals surface area contributed by atoms with Crippen LogP contribution >= 0.6 is 0 Å². The zero-order chi connectivity index (χ0) is 22.7. The van der Waals surface area contributed by atoms with Crippen molar-refractivity contribution in [3.63, 3.8) is 0 Å². The molecule has 6 rings (SSSR count). The van der Waals surface area contributed by atoms with E-state index in [-0.39, 0.29) is 0 Å². The number of aromatic nitrogens is 5. The van der Waals surface area contributed by atoms with Crippen molar-refractivity contribution >= 4 is 32.6 Å². The van der Waals surface area contributed by atoms with E-state index >= 15 is 0 Å². The zero-order valence-corrected chi connectivity index (χ0v) is 19.1. The summed E-state index contributed by atoms with van der Waals surface area (Å²) in [5.74, 6) is 2.68. The van der Waals surface area contributed by atoms with E-state index in [1.54, 1.807) is 0 Å². The molecule has 164 valence electrons. The highest BCUT2D eigenvalue weighted by molar-refractivity contribution is 6.23. The summed E-state index contributed by atoms with van der Waals surface area (Å²) in [6.07, 6.45) is 5.33. The van der Waals surface area contributed by atoms with Gasteiger partial charge in [-0.2, -0.15) is 0 Å². The third-order valence-electron chi connectivity index (χ3n) is 6.30. The third kappa shape index (κ3) is 3.13. The van der Waals surface area contributed by atoms with Crippen molar-refractivity contribution in [3.05, 3.63) is 66.8 Å². The van der Waals surface area contributed by atoms with Gasteiger partial charge in [-0.1, -0.05) is 52.0 Å². The Morgan fingerprint density at radius 1 is 0.667 bits per heavy atom.